The van der Waals surface area contributed by atoms with Crippen LogP contribution >= 0.6 is 7.28 Å². The Balaban J connectivity index is 1.99. The molecular weight excluding hydrogens is 391 g/mol. The molecule has 4 aromatic carbocycles. The molecule has 0 fully saturated rings. The molecule has 152 valence electrons. The average molecular weight is 416 g/mol. The van der Waals surface area contributed by atoms with Crippen molar-refractivity contribution in [3.63, 3.8) is 0 Å². The van der Waals surface area contributed by atoms with Crippen LogP contribution in [0.4, 0.5) is 0 Å². The summed E-state index contributed by atoms with van der Waals surface area (Å²) < 4.78 is 0. The third-order valence-corrected chi connectivity index (χ3v) is 7.93. The van der Waals surface area contributed by atoms with Gasteiger partial charge in [-0.05, 0) is 0 Å². The van der Waals surface area contributed by atoms with Gasteiger partial charge in [0.2, 0.25) is 0 Å². The first-order valence-corrected chi connectivity index (χ1v) is 11.9. The number of benzene rings is 4. The quantitative estimate of drug-likeness (QED) is 0.416. The normalized spacial score (nSPS) is 12.9. The minimum atomic E-state index is -5.35. The van der Waals surface area contributed by atoms with Crippen LogP contribution in [0.2, 0.25) is 0 Å². The molecule has 0 aliphatic heterocycles. The molecule has 0 radical (unpaired) electrons. The van der Waals surface area contributed by atoms with E-state index in [1.807, 2.05) is 74.5 Å². The van der Waals surface area contributed by atoms with E-state index in [-0.39, 0.29) is 10.6 Å². The summed E-state index contributed by atoms with van der Waals surface area (Å²) in [7, 11) is -5.35. The van der Waals surface area contributed by atoms with E-state index in [9.17, 15) is 14.7 Å². The Morgan fingerprint density at radius 1 is 0.533 bits per heavy atom. The van der Waals surface area contributed by atoms with Crippen LogP contribution in [0.1, 0.15) is 11.1 Å². The number of aryl methyl sites for hydroxylation is 2. The average Bonchev–Trinajstić information content (AvgIpc) is 2.74. The van der Waals surface area contributed by atoms with Gasteiger partial charge in [-0.25, -0.2) is 0 Å². The molecule has 0 unspecified atom stereocenters. The Hall–Kier alpha value is -2.81. The first-order valence-electron chi connectivity index (χ1n) is 9.84. The second-order valence-corrected chi connectivity index (χ2v) is 10.7. The van der Waals surface area contributed by atoms with Gasteiger partial charge < -0.3 is 0 Å². The number of rotatable bonds is 4. The molecule has 30 heavy (non-hydrogen) atoms. The predicted molar refractivity (Wildman–Crippen MR) is 126 cm³/mol. The summed E-state index contributed by atoms with van der Waals surface area (Å²) in [6.45, 7) is 3.86. The molecule has 0 saturated carbocycles. The molecule has 0 amide bonds. The van der Waals surface area contributed by atoms with E-state index in [0.29, 0.717) is 5.56 Å². The Kier molecular flexibility index (Phi) is 5.09. The first-order chi connectivity index (χ1) is 14.2. The van der Waals surface area contributed by atoms with Crippen molar-refractivity contribution in [2.75, 3.05) is 0 Å². The van der Waals surface area contributed by atoms with Gasteiger partial charge in [0, 0.05) is 0 Å². The monoisotopic (exact) mass is 416 g/mol. The molecule has 0 atom stereocenters. The maximum atomic E-state index is 11.3. The molecule has 0 aliphatic rings. The van der Waals surface area contributed by atoms with Crippen LogP contribution in [-0.4, -0.2) is 14.7 Å². The van der Waals surface area contributed by atoms with Gasteiger partial charge in [-0.3, -0.25) is 0 Å². The van der Waals surface area contributed by atoms with Crippen LogP contribution in [0.25, 0.3) is 22.3 Å². The molecule has 0 aliphatic carbocycles. The first kappa shape index (κ1) is 20.5. The number of hydrogen-bond donors (Lipinski definition) is 3. The second kappa shape index (κ2) is 7.46. The van der Waals surface area contributed by atoms with Gasteiger partial charge in [-0.2, -0.15) is 0 Å². The molecule has 3 nitrogen and oxygen atoms in total. The summed E-state index contributed by atoms with van der Waals surface area (Å²) in [6.07, 6.45) is 0. The van der Waals surface area contributed by atoms with E-state index in [1.54, 1.807) is 36.4 Å². The second-order valence-electron chi connectivity index (χ2n) is 7.75. The van der Waals surface area contributed by atoms with Crippen molar-refractivity contribution in [2.24, 2.45) is 0 Å². The van der Waals surface area contributed by atoms with Gasteiger partial charge in [0.1, 0.15) is 0 Å². The molecule has 4 rings (SSSR count). The van der Waals surface area contributed by atoms with E-state index in [4.69, 9.17) is 0 Å². The van der Waals surface area contributed by atoms with Crippen LogP contribution in [0, 0.1) is 13.8 Å². The van der Waals surface area contributed by atoms with Gasteiger partial charge in [-0.1, -0.05) is 0 Å². The van der Waals surface area contributed by atoms with E-state index in [2.05, 4.69) is 0 Å². The summed E-state index contributed by atoms with van der Waals surface area (Å²) in [4.78, 5) is 34.0. The van der Waals surface area contributed by atoms with Crippen LogP contribution in [-0.2, 0) is 0 Å². The van der Waals surface area contributed by atoms with Gasteiger partial charge in [0.25, 0.3) is 0 Å². The minimum absolute atomic E-state index is 0.119. The van der Waals surface area contributed by atoms with Crippen LogP contribution in [0.5, 0.6) is 0 Å². The molecule has 0 bridgehead atoms. The fourth-order valence-corrected chi connectivity index (χ4v) is 5.72. The van der Waals surface area contributed by atoms with Crippen molar-refractivity contribution in [2.45, 2.75) is 13.8 Å². The molecule has 0 spiro atoms. The van der Waals surface area contributed by atoms with Crippen molar-refractivity contribution >= 4 is 17.9 Å². The summed E-state index contributed by atoms with van der Waals surface area (Å²) >= 11 is 0. The third-order valence-electron chi connectivity index (χ3n) is 5.41. The molecule has 4 aromatic rings. The topological polar surface area (TPSA) is 60.7 Å². The predicted octanol–water partition coefficient (Wildman–Crippen LogP) is 4.86. The number of hydrogen-bond acceptors (Lipinski definition) is 3. The van der Waals surface area contributed by atoms with Crippen LogP contribution in [0.3, 0.4) is 0 Å². The van der Waals surface area contributed by atoms with Crippen LogP contribution in [0.15, 0.2) is 97.1 Å². The van der Waals surface area contributed by atoms with E-state index in [1.165, 1.54) is 0 Å². The van der Waals surface area contributed by atoms with Gasteiger partial charge in [0.15, 0.2) is 0 Å². The molecule has 0 heterocycles. The zero-order valence-electron chi connectivity index (χ0n) is 17.0. The Bertz CT molecular complexity index is 1190. The molecule has 4 heteroatoms. The summed E-state index contributed by atoms with van der Waals surface area (Å²) in [5.74, 6) is 0. The van der Waals surface area contributed by atoms with Gasteiger partial charge in [0.05, 0.1) is 0 Å². The van der Waals surface area contributed by atoms with E-state index in [0.717, 1.165) is 27.8 Å². The Morgan fingerprint density at radius 3 is 1.77 bits per heavy atom. The standard InChI is InChI=1S/C26H25O3P/c1-19-12-15-22(16-13-19)30(27,28,29)26-17-14-20(2)18-25(26)24-11-7-6-10-23(24)21-8-4-3-5-9-21/h3-18,27-29H,1-2H3. The van der Waals surface area contributed by atoms with Crippen LogP contribution < -0.4 is 10.6 Å². The molecule has 0 saturated heterocycles. The zero-order chi connectivity index (χ0) is 21.4. The van der Waals surface area contributed by atoms with E-state index >= 15 is 0 Å². The van der Waals surface area contributed by atoms with E-state index < -0.39 is 7.28 Å². The summed E-state index contributed by atoms with van der Waals surface area (Å²) in [5.41, 5.74) is 5.36. The SMILES string of the molecule is Cc1ccc(P(O)(O)(O)c2ccc(C)cc2-c2ccccc2-c2ccccc2)cc1. The fraction of sp³-hybridized carbons (Fsp3) is 0.0769. The Morgan fingerprint density at radius 2 is 1.10 bits per heavy atom. The van der Waals surface area contributed by atoms with Crippen molar-refractivity contribution in [3.05, 3.63) is 108 Å². The van der Waals surface area contributed by atoms with Gasteiger partial charge in [-0.15, -0.1) is 0 Å². The van der Waals surface area contributed by atoms with Crippen molar-refractivity contribution in [1.29, 1.82) is 0 Å². The molecule has 3 N–H and O–H groups in total. The summed E-state index contributed by atoms with van der Waals surface area (Å²) in [5, 5.41) is 0.257. The van der Waals surface area contributed by atoms with Crippen molar-refractivity contribution in [1.82, 2.24) is 0 Å². The fourth-order valence-electron chi connectivity index (χ4n) is 3.77. The third kappa shape index (κ3) is 3.69. The molecular formula is C26H25O3P. The Labute approximate surface area is 177 Å². The summed E-state index contributed by atoms with van der Waals surface area (Å²) in [6, 6.07) is 29.8. The molecule has 0 aromatic heterocycles. The maximum absolute atomic E-state index is 11.3. The zero-order valence-corrected chi connectivity index (χ0v) is 17.9. The van der Waals surface area contributed by atoms with Crippen molar-refractivity contribution in [3.8, 4) is 22.3 Å². The van der Waals surface area contributed by atoms with Gasteiger partial charge >= 0.3 is 177 Å². The van der Waals surface area contributed by atoms with Crippen molar-refractivity contribution < 1.29 is 14.7 Å².